The summed E-state index contributed by atoms with van der Waals surface area (Å²) in [5.74, 6) is -1.12. The van der Waals surface area contributed by atoms with Crippen molar-refractivity contribution in [1.82, 2.24) is 10.6 Å². The number of benzene rings is 1. The highest BCUT2D eigenvalue weighted by molar-refractivity contribution is 5.80. The number of hydrogen-bond donors (Lipinski definition) is 4. The number of rotatable bonds is 6. The van der Waals surface area contributed by atoms with E-state index in [1.54, 1.807) is 45.0 Å². The monoisotopic (exact) mass is 461 g/mol. The number of carbonyl (C=O) groups excluding carboxylic acids is 1. The first-order chi connectivity index (χ1) is 15.6. The number of ether oxygens (including phenoxy) is 1. The number of carboxylic acids is 1. The average Bonchev–Trinajstić information content (AvgIpc) is 2.75. The number of aliphatic carboxylic acids is 1. The lowest BCUT2D eigenvalue weighted by molar-refractivity contribution is -0.139. The fourth-order valence-corrected chi connectivity index (χ4v) is 4.41. The van der Waals surface area contributed by atoms with Gasteiger partial charge in [-0.1, -0.05) is 50.7 Å². The molecule has 2 aliphatic rings. The van der Waals surface area contributed by atoms with Gasteiger partial charge in [-0.15, -0.1) is 0 Å². The Labute approximate surface area is 198 Å². The van der Waals surface area contributed by atoms with Crippen molar-refractivity contribution in [3.05, 3.63) is 29.8 Å². The lowest BCUT2D eigenvalue weighted by Gasteiger charge is -2.30. The SMILES string of the molecule is C1CCC(NC2CCCCC2)CC1.CC(C)(C)OC(=O)N[C@H](Cc1ccc(N)cc1)C(=O)O. The summed E-state index contributed by atoms with van der Waals surface area (Å²) in [6.07, 6.45) is 14.0. The first-order valence-corrected chi connectivity index (χ1v) is 12.4. The van der Waals surface area contributed by atoms with Crippen molar-refractivity contribution in [2.24, 2.45) is 0 Å². The maximum absolute atomic E-state index is 11.6. The molecule has 0 radical (unpaired) electrons. The molecule has 0 bridgehead atoms. The van der Waals surface area contributed by atoms with E-state index in [0.29, 0.717) is 5.69 Å². The minimum Gasteiger partial charge on any atom is -0.480 e. The summed E-state index contributed by atoms with van der Waals surface area (Å²) in [5, 5.41) is 15.3. The zero-order valence-corrected chi connectivity index (χ0v) is 20.6. The van der Waals surface area contributed by atoms with Crippen molar-refractivity contribution in [2.75, 3.05) is 5.73 Å². The lowest BCUT2D eigenvalue weighted by atomic mass is 9.91. The van der Waals surface area contributed by atoms with Crippen LogP contribution in [0.2, 0.25) is 0 Å². The highest BCUT2D eigenvalue weighted by Gasteiger charge is 2.24. The molecule has 186 valence electrons. The van der Waals surface area contributed by atoms with Crippen LogP contribution in [0.1, 0.15) is 90.5 Å². The van der Waals surface area contributed by atoms with Crippen molar-refractivity contribution in [3.8, 4) is 0 Å². The van der Waals surface area contributed by atoms with Gasteiger partial charge in [0, 0.05) is 24.2 Å². The summed E-state index contributed by atoms with van der Waals surface area (Å²) in [5.41, 5.74) is 6.25. The number of carboxylic acid groups (broad SMARTS) is 1. The third kappa shape index (κ3) is 11.4. The van der Waals surface area contributed by atoms with Gasteiger partial charge < -0.3 is 26.2 Å². The third-order valence-electron chi connectivity index (χ3n) is 6.09. The van der Waals surface area contributed by atoms with E-state index in [2.05, 4.69) is 10.6 Å². The van der Waals surface area contributed by atoms with Gasteiger partial charge >= 0.3 is 12.1 Å². The Bertz CT molecular complexity index is 702. The van der Waals surface area contributed by atoms with Gasteiger partial charge in [0.25, 0.3) is 0 Å². The Hall–Kier alpha value is -2.28. The van der Waals surface area contributed by atoms with Crippen LogP contribution in [-0.2, 0) is 16.0 Å². The van der Waals surface area contributed by atoms with Crippen LogP contribution in [0.15, 0.2) is 24.3 Å². The number of nitrogens with two attached hydrogens (primary N) is 1. The Morgan fingerprint density at radius 1 is 0.970 bits per heavy atom. The average molecular weight is 462 g/mol. The summed E-state index contributed by atoms with van der Waals surface area (Å²) in [6.45, 7) is 5.13. The molecule has 2 aliphatic carbocycles. The van der Waals surface area contributed by atoms with Crippen LogP contribution in [0.4, 0.5) is 10.5 Å². The fraction of sp³-hybridized carbons (Fsp3) is 0.692. The van der Waals surface area contributed by atoms with Crippen molar-refractivity contribution in [3.63, 3.8) is 0 Å². The summed E-state index contributed by atoms with van der Waals surface area (Å²) in [4.78, 5) is 22.8. The number of hydrogen-bond acceptors (Lipinski definition) is 5. The summed E-state index contributed by atoms with van der Waals surface area (Å²) < 4.78 is 5.04. The Kier molecular flexibility index (Phi) is 11.0. The zero-order chi connectivity index (χ0) is 24.3. The summed E-state index contributed by atoms with van der Waals surface area (Å²) >= 11 is 0. The molecule has 2 fully saturated rings. The summed E-state index contributed by atoms with van der Waals surface area (Å²) in [6, 6.07) is 7.51. The molecule has 1 atom stereocenters. The van der Waals surface area contributed by atoms with E-state index < -0.39 is 23.7 Å². The van der Waals surface area contributed by atoms with Gasteiger partial charge in [-0.3, -0.25) is 0 Å². The van der Waals surface area contributed by atoms with E-state index >= 15 is 0 Å². The van der Waals surface area contributed by atoms with Crippen LogP contribution in [0.3, 0.4) is 0 Å². The second kappa shape index (κ2) is 13.4. The van der Waals surface area contributed by atoms with Crippen LogP contribution in [-0.4, -0.2) is 40.9 Å². The Morgan fingerprint density at radius 3 is 1.88 bits per heavy atom. The molecule has 0 saturated heterocycles. The van der Waals surface area contributed by atoms with Crippen LogP contribution < -0.4 is 16.4 Å². The molecule has 0 spiro atoms. The molecular weight excluding hydrogens is 418 g/mol. The highest BCUT2D eigenvalue weighted by Crippen LogP contribution is 2.22. The molecule has 7 nitrogen and oxygen atoms in total. The van der Waals surface area contributed by atoms with Gasteiger partial charge in [0.2, 0.25) is 0 Å². The van der Waals surface area contributed by atoms with Gasteiger partial charge in [0.1, 0.15) is 11.6 Å². The van der Waals surface area contributed by atoms with E-state index in [0.717, 1.165) is 17.6 Å². The predicted molar refractivity (Wildman–Crippen MR) is 132 cm³/mol. The zero-order valence-electron chi connectivity index (χ0n) is 20.6. The largest absolute Gasteiger partial charge is 0.480 e. The normalized spacial score (nSPS) is 18.5. The van der Waals surface area contributed by atoms with Crippen molar-refractivity contribution < 1.29 is 19.4 Å². The molecule has 0 aromatic heterocycles. The van der Waals surface area contributed by atoms with Gasteiger partial charge in [0.05, 0.1) is 0 Å². The molecule has 2 saturated carbocycles. The van der Waals surface area contributed by atoms with Crippen molar-refractivity contribution >= 4 is 17.7 Å². The molecule has 0 heterocycles. The first-order valence-electron chi connectivity index (χ1n) is 12.4. The maximum atomic E-state index is 11.6. The van der Waals surface area contributed by atoms with E-state index in [1.807, 2.05) is 0 Å². The van der Waals surface area contributed by atoms with Crippen LogP contribution >= 0.6 is 0 Å². The second-order valence-electron chi connectivity index (χ2n) is 10.3. The van der Waals surface area contributed by atoms with Gasteiger partial charge in [-0.25, -0.2) is 9.59 Å². The van der Waals surface area contributed by atoms with Crippen molar-refractivity contribution in [2.45, 2.75) is 115 Å². The van der Waals surface area contributed by atoms with Gasteiger partial charge in [-0.2, -0.15) is 0 Å². The van der Waals surface area contributed by atoms with E-state index in [-0.39, 0.29) is 6.42 Å². The maximum Gasteiger partial charge on any atom is 0.408 e. The quantitative estimate of drug-likeness (QED) is 0.442. The first kappa shape index (κ1) is 27.0. The molecule has 33 heavy (non-hydrogen) atoms. The minimum atomic E-state index is -1.12. The topological polar surface area (TPSA) is 114 Å². The summed E-state index contributed by atoms with van der Waals surface area (Å²) in [7, 11) is 0. The molecule has 1 aromatic rings. The molecule has 7 heteroatoms. The standard InChI is InChI=1S/C14H20N2O4.C12H23N/c1-14(2,3)20-13(19)16-11(12(17)18)8-9-4-6-10(15)7-5-9;1-3-7-11(8-4-1)13-12-9-5-2-6-10-12/h4-7,11H,8,15H2,1-3H3,(H,16,19)(H,17,18);11-13H,1-10H2/t11-;/m1./s1. The molecule has 1 aromatic carbocycles. The molecule has 0 unspecified atom stereocenters. The van der Waals surface area contributed by atoms with E-state index in [1.165, 1.54) is 64.2 Å². The lowest BCUT2D eigenvalue weighted by Crippen LogP contribution is -2.44. The number of alkyl carbamates (subject to hydrolysis) is 1. The number of nitrogens with one attached hydrogen (secondary N) is 2. The Morgan fingerprint density at radius 2 is 1.45 bits per heavy atom. The predicted octanol–water partition coefficient (Wildman–Crippen LogP) is 5.03. The number of nitrogen functional groups attached to an aromatic ring is 1. The minimum absolute atomic E-state index is 0.162. The van der Waals surface area contributed by atoms with E-state index in [9.17, 15) is 9.59 Å². The van der Waals surface area contributed by atoms with Crippen molar-refractivity contribution in [1.29, 1.82) is 0 Å². The smallest absolute Gasteiger partial charge is 0.408 e. The molecular formula is C26H43N3O4. The highest BCUT2D eigenvalue weighted by atomic mass is 16.6. The number of amides is 1. The van der Waals surface area contributed by atoms with Crippen LogP contribution in [0.25, 0.3) is 0 Å². The second-order valence-corrected chi connectivity index (χ2v) is 10.3. The Balaban J connectivity index is 0.000000254. The third-order valence-corrected chi connectivity index (χ3v) is 6.09. The van der Waals surface area contributed by atoms with Crippen LogP contribution in [0.5, 0.6) is 0 Å². The number of anilines is 1. The van der Waals surface area contributed by atoms with E-state index in [4.69, 9.17) is 15.6 Å². The number of carbonyl (C=O) groups is 2. The molecule has 3 rings (SSSR count). The van der Waals surface area contributed by atoms with Gasteiger partial charge in [0.15, 0.2) is 0 Å². The molecule has 1 amide bonds. The van der Waals surface area contributed by atoms with Gasteiger partial charge in [-0.05, 0) is 64.2 Å². The molecule has 0 aliphatic heterocycles. The van der Waals surface area contributed by atoms with Crippen LogP contribution in [0, 0.1) is 0 Å². The fourth-order valence-electron chi connectivity index (χ4n) is 4.41. The molecule has 5 N–H and O–H groups in total.